The number of nitrogens with zero attached hydrogens (tertiary/aromatic N) is 4. The highest BCUT2D eigenvalue weighted by atomic mass is 15.2. The highest BCUT2D eigenvalue weighted by Gasteiger charge is 2.22. The maximum atomic E-state index is 4.90. The van der Waals surface area contributed by atoms with E-state index in [0.717, 1.165) is 27.7 Å². The van der Waals surface area contributed by atoms with Crippen LogP contribution in [0.15, 0.2) is 134 Å². The van der Waals surface area contributed by atoms with Gasteiger partial charge in [0.15, 0.2) is 0 Å². The molecule has 0 aliphatic rings. The van der Waals surface area contributed by atoms with Gasteiger partial charge < -0.3 is 4.40 Å². The van der Waals surface area contributed by atoms with Crippen LogP contribution in [0, 0.1) is 0 Å². The average Bonchev–Trinajstić information content (AvgIpc) is 3.51. The van der Waals surface area contributed by atoms with Gasteiger partial charge in [-0.3, -0.25) is 4.57 Å². The lowest BCUT2D eigenvalue weighted by molar-refractivity contribution is 0.990. The molecule has 0 saturated carbocycles. The van der Waals surface area contributed by atoms with Gasteiger partial charge in [0.2, 0.25) is 5.95 Å². The van der Waals surface area contributed by atoms with Gasteiger partial charge in [-0.1, -0.05) is 97.1 Å². The fraction of sp³-hybridized carbons (Fsp3) is 0. The first-order chi connectivity index (χ1) is 18.9. The van der Waals surface area contributed by atoms with E-state index in [4.69, 9.17) is 9.97 Å². The molecule has 0 unspecified atom stereocenters. The van der Waals surface area contributed by atoms with E-state index in [0.29, 0.717) is 5.95 Å². The van der Waals surface area contributed by atoms with Crippen LogP contribution in [0.3, 0.4) is 0 Å². The number of hydrogen-bond donors (Lipinski definition) is 0. The molecule has 0 fully saturated rings. The quantitative estimate of drug-likeness (QED) is 0.252. The second kappa shape index (κ2) is 8.15. The molecule has 0 N–H and O–H groups in total. The van der Waals surface area contributed by atoms with Crippen molar-refractivity contribution in [2.24, 2.45) is 0 Å². The van der Waals surface area contributed by atoms with Gasteiger partial charge >= 0.3 is 0 Å². The van der Waals surface area contributed by atoms with Crippen LogP contribution >= 0.6 is 0 Å². The van der Waals surface area contributed by atoms with Crippen LogP contribution in [0.25, 0.3) is 66.4 Å². The summed E-state index contributed by atoms with van der Waals surface area (Å²) in [6, 6.07) is 40.3. The van der Waals surface area contributed by atoms with Crippen LogP contribution in [0.5, 0.6) is 0 Å². The summed E-state index contributed by atoms with van der Waals surface area (Å²) in [5.74, 6) is 0.660. The summed E-state index contributed by atoms with van der Waals surface area (Å²) in [6.45, 7) is 0. The monoisotopic (exact) mass is 486 g/mol. The summed E-state index contributed by atoms with van der Waals surface area (Å²) >= 11 is 0. The fourth-order valence-corrected chi connectivity index (χ4v) is 5.79. The van der Waals surface area contributed by atoms with Gasteiger partial charge in [0, 0.05) is 45.9 Å². The van der Waals surface area contributed by atoms with Crippen molar-refractivity contribution in [2.45, 2.75) is 0 Å². The minimum atomic E-state index is 0.660. The zero-order chi connectivity index (χ0) is 25.1. The molecule has 0 aliphatic carbocycles. The second-order valence-corrected chi connectivity index (χ2v) is 9.55. The molecule has 8 rings (SSSR count). The third kappa shape index (κ3) is 2.98. The Balaban J connectivity index is 1.52. The normalized spacial score (nSPS) is 11.7. The van der Waals surface area contributed by atoms with Crippen LogP contribution < -0.4 is 0 Å². The minimum absolute atomic E-state index is 0.660. The molecule has 0 atom stereocenters. The number of aromatic nitrogens is 4. The zero-order valence-electron chi connectivity index (χ0n) is 20.5. The van der Waals surface area contributed by atoms with Crippen molar-refractivity contribution in [3.05, 3.63) is 134 Å². The van der Waals surface area contributed by atoms with Crippen molar-refractivity contribution in [2.75, 3.05) is 0 Å². The standard InChI is InChI=1S/C34H22N4/c1-3-11-23(12-4-1)25-21-35-34(36-22-25)38-30-18-10-7-15-26(30)27-19-20-37-29-17-9-8-16-28(29)31(33(37)32(27)38)24-13-5-2-6-14-24/h1-22H. The predicted molar refractivity (Wildman–Crippen MR) is 156 cm³/mol. The molecule has 178 valence electrons. The smallest absolute Gasteiger partial charge is 0.234 e. The molecular formula is C34H22N4. The summed E-state index contributed by atoms with van der Waals surface area (Å²) in [5.41, 5.74) is 9.05. The second-order valence-electron chi connectivity index (χ2n) is 9.55. The molecule has 0 aliphatic heterocycles. The molecule has 4 nitrogen and oxygen atoms in total. The van der Waals surface area contributed by atoms with E-state index in [1.165, 1.54) is 32.8 Å². The van der Waals surface area contributed by atoms with Crippen molar-refractivity contribution < 1.29 is 0 Å². The Kier molecular flexibility index (Phi) is 4.49. The minimum Gasteiger partial charge on any atom is -0.314 e. The lowest BCUT2D eigenvalue weighted by Crippen LogP contribution is -2.02. The number of fused-ring (bicyclic) bond motifs is 7. The van der Waals surface area contributed by atoms with Gasteiger partial charge in [0.05, 0.1) is 22.1 Å². The summed E-state index contributed by atoms with van der Waals surface area (Å²) in [7, 11) is 0. The Hall–Kier alpha value is -5.22. The molecule has 0 radical (unpaired) electrons. The first-order valence-electron chi connectivity index (χ1n) is 12.8. The molecule has 0 saturated heterocycles. The van der Waals surface area contributed by atoms with Crippen LogP contribution in [-0.4, -0.2) is 18.9 Å². The van der Waals surface area contributed by atoms with Crippen LogP contribution in [0.2, 0.25) is 0 Å². The Morgan fingerprint density at radius 1 is 0.447 bits per heavy atom. The number of rotatable bonds is 3. The number of benzene rings is 4. The van der Waals surface area contributed by atoms with E-state index in [2.05, 4.69) is 112 Å². The van der Waals surface area contributed by atoms with Crippen LogP contribution in [0.1, 0.15) is 0 Å². The van der Waals surface area contributed by atoms with Gasteiger partial charge in [-0.2, -0.15) is 0 Å². The lowest BCUT2D eigenvalue weighted by Gasteiger charge is -2.10. The van der Waals surface area contributed by atoms with Crippen molar-refractivity contribution >= 4 is 38.2 Å². The van der Waals surface area contributed by atoms with Crippen LogP contribution in [-0.2, 0) is 0 Å². The highest BCUT2D eigenvalue weighted by molar-refractivity contribution is 6.20. The molecule has 4 heterocycles. The summed E-state index contributed by atoms with van der Waals surface area (Å²) in [6.07, 6.45) is 6.04. The molecule has 8 aromatic rings. The van der Waals surface area contributed by atoms with Crippen LogP contribution in [0.4, 0.5) is 0 Å². The molecular weight excluding hydrogens is 464 g/mol. The van der Waals surface area contributed by atoms with Crippen molar-refractivity contribution in [3.63, 3.8) is 0 Å². The molecule has 4 aromatic heterocycles. The van der Waals surface area contributed by atoms with E-state index < -0.39 is 0 Å². The summed E-state index contributed by atoms with van der Waals surface area (Å²) < 4.78 is 4.54. The van der Waals surface area contributed by atoms with Gasteiger partial charge in [-0.15, -0.1) is 0 Å². The molecule has 0 bridgehead atoms. The van der Waals surface area contributed by atoms with Gasteiger partial charge in [-0.05, 0) is 29.3 Å². The lowest BCUT2D eigenvalue weighted by atomic mass is 10.0. The molecule has 4 heteroatoms. The maximum Gasteiger partial charge on any atom is 0.234 e. The molecule has 0 spiro atoms. The third-order valence-corrected chi connectivity index (χ3v) is 7.45. The number of para-hydroxylation sites is 2. The number of pyridine rings is 1. The van der Waals surface area contributed by atoms with E-state index >= 15 is 0 Å². The molecule has 38 heavy (non-hydrogen) atoms. The van der Waals surface area contributed by atoms with E-state index in [9.17, 15) is 0 Å². The average molecular weight is 487 g/mol. The Morgan fingerprint density at radius 3 is 1.79 bits per heavy atom. The Labute approximate surface area is 219 Å². The largest absolute Gasteiger partial charge is 0.314 e. The third-order valence-electron chi connectivity index (χ3n) is 7.45. The summed E-state index contributed by atoms with van der Waals surface area (Å²) in [4.78, 5) is 9.81. The van der Waals surface area contributed by atoms with Crippen molar-refractivity contribution in [1.82, 2.24) is 18.9 Å². The van der Waals surface area contributed by atoms with E-state index in [-0.39, 0.29) is 0 Å². The SMILES string of the molecule is c1ccc(-c2cnc(-n3c4ccccc4c4ccn5c6ccccc6c(-c6ccccc6)c5c43)nc2)cc1. The molecule has 0 amide bonds. The van der Waals surface area contributed by atoms with Crippen molar-refractivity contribution in [1.29, 1.82) is 0 Å². The summed E-state index contributed by atoms with van der Waals surface area (Å²) in [5, 5.41) is 3.59. The Morgan fingerprint density at radius 2 is 1.05 bits per heavy atom. The Bertz CT molecular complexity index is 2100. The van der Waals surface area contributed by atoms with Gasteiger partial charge in [0.1, 0.15) is 0 Å². The first-order valence-corrected chi connectivity index (χ1v) is 12.8. The van der Waals surface area contributed by atoms with E-state index in [1.54, 1.807) is 0 Å². The zero-order valence-corrected chi connectivity index (χ0v) is 20.5. The first kappa shape index (κ1) is 20.9. The van der Waals surface area contributed by atoms with Gasteiger partial charge in [-0.25, -0.2) is 9.97 Å². The fourth-order valence-electron chi connectivity index (χ4n) is 5.79. The number of hydrogen-bond acceptors (Lipinski definition) is 2. The van der Waals surface area contributed by atoms with Gasteiger partial charge in [0.25, 0.3) is 0 Å². The topological polar surface area (TPSA) is 35.1 Å². The highest BCUT2D eigenvalue weighted by Crippen LogP contribution is 2.42. The van der Waals surface area contributed by atoms with Crippen molar-refractivity contribution in [3.8, 4) is 28.2 Å². The maximum absolute atomic E-state index is 4.90. The predicted octanol–water partition coefficient (Wildman–Crippen LogP) is 8.31. The van der Waals surface area contributed by atoms with E-state index in [1.807, 2.05) is 30.6 Å². The molecule has 4 aromatic carbocycles.